The maximum Gasteiger partial charge on any atom is 0.328 e. The van der Waals surface area contributed by atoms with Crippen LogP contribution in [0, 0.1) is 6.92 Å². The third-order valence-electron chi connectivity index (χ3n) is 9.36. The lowest BCUT2D eigenvalue weighted by Gasteiger charge is -2.48. The van der Waals surface area contributed by atoms with E-state index >= 15 is 0 Å². The van der Waals surface area contributed by atoms with E-state index in [9.17, 15) is 9.90 Å². The number of benzene rings is 3. The van der Waals surface area contributed by atoms with E-state index < -0.39 is 20.3 Å². The molecule has 7 nitrogen and oxygen atoms in total. The molecule has 238 valence electrons. The molecule has 1 N–H and O–H groups in total. The average molecular weight is 620 g/mol. The zero-order valence-electron chi connectivity index (χ0n) is 27.8. The quantitative estimate of drug-likeness (QED) is 0.175. The number of rotatable bonds is 11. The Hall–Kier alpha value is -3.33. The molecular weight excluding hydrogens is 570 g/mol. The van der Waals surface area contributed by atoms with Crippen molar-refractivity contribution in [2.45, 2.75) is 83.7 Å². The van der Waals surface area contributed by atoms with Gasteiger partial charge >= 0.3 is 5.97 Å². The summed E-state index contributed by atoms with van der Waals surface area (Å²) in [4.78, 5) is 16.4. The van der Waals surface area contributed by atoms with E-state index in [-0.39, 0.29) is 29.5 Å². The molecule has 0 spiro atoms. The van der Waals surface area contributed by atoms with Crippen LogP contribution in [0.15, 0.2) is 60.7 Å². The standard InChI is InChI=1S/C36H49NO6Si/c1-10-42-35(39)31-30-28(33(40-6)24(2)34(41-7)32(30)38)22-27(23-43-44(8,9)36(3,4)5)37(31)29(26-19-15-12-16-20-26)21-25-17-13-11-14-18-25/h11-20,27,29,31,38H,10,21-23H2,1-9H3/t27-,29+,31-/m0/s1. The molecule has 0 bridgehead atoms. The Morgan fingerprint density at radius 2 is 1.59 bits per heavy atom. The molecule has 0 aliphatic carbocycles. The number of nitrogens with zero attached hydrogens (tertiary/aromatic N) is 1. The summed E-state index contributed by atoms with van der Waals surface area (Å²) in [5, 5.41) is 11.8. The summed E-state index contributed by atoms with van der Waals surface area (Å²) >= 11 is 0. The summed E-state index contributed by atoms with van der Waals surface area (Å²) in [6.07, 6.45) is 1.16. The van der Waals surface area contributed by atoms with E-state index in [0.717, 1.165) is 16.7 Å². The van der Waals surface area contributed by atoms with E-state index in [1.807, 2.05) is 43.3 Å². The fourth-order valence-electron chi connectivity index (χ4n) is 6.09. The zero-order valence-corrected chi connectivity index (χ0v) is 28.8. The van der Waals surface area contributed by atoms with Crippen molar-refractivity contribution in [2.24, 2.45) is 0 Å². The van der Waals surface area contributed by atoms with E-state index in [1.165, 1.54) is 7.11 Å². The van der Waals surface area contributed by atoms with Crippen molar-refractivity contribution in [1.82, 2.24) is 4.90 Å². The number of hydrogen-bond acceptors (Lipinski definition) is 7. The van der Waals surface area contributed by atoms with E-state index in [1.54, 1.807) is 14.0 Å². The summed E-state index contributed by atoms with van der Waals surface area (Å²) < 4.78 is 24.3. The first kappa shape index (κ1) is 33.6. The third kappa shape index (κ3) is 6.67. The van der Waals surface area contributed by atoms with Gasteiger partial charge in [-0.3, -0.25) is 4.90 Å². The van der Waals surface area contributed by atoms with Crippen LogP contribution in [0.4, 0.5) is 0 Å². The molecule has 0 fully saturated rings. The molecule has 0 radical (unpaired) electrons. The predicted molar refractivity (Wildman–Crippen MR) is 177 cm³/mol. The Balaban J connectivity index is 2.01. The SMILES string of the molecule is CCOC(=O)[C@@H]1c2c(O)c(OC)c(C)c(OC)c2C[C@@H](CO[Si](C)(C)C(C)(C)C)N1[C@H](Cc1ccccc1)c1ccccc1. The summed E-state index contributed by atoms with van der Waals surface area (Å²) in [5.74, 6) is 0.424. The second-order valence-corrected chi connectivity index (χ2v) is 17.9. The monoisotopic (exact) mass is 619 g/mol. The van der Waals surface area contributed by atoms with Crippen molar-refractivity contribution in [3.63, 3.8) is 0 Å². The predicted octanol–water partition coefficient (Wildman–Crippen LogP) is 7.55. The first-order valence-electron chi connectivity index (χ1n) is 15.5. The van der Waals surface area contributed by atoms with Crippen molar-refractivity contribution in [3.05, 3.63) is 88.5 Å². The van der Waals surface area contributed by atoms with Gasteiger partial charge in [-0.1, -0.05) is 81.4 Å². The Morgan fingerprint density at radius 1 is 1.00 bits per heavy atom. The average Bonchev–Trinajstić information content (AvgIpc) is 2.99. The van der Waals surface area contributed by atoms with Crippen LogP contribution in [0.1, 0.15) is 67.6 Å². The van der Waals surface area contributed by atoms with Gasteiger partial charge in [0.05, 0.1) is 20.8 Å². The first-order chi connectivity index (χ1) is 20.9. The Labute approximate surface area is 264 Å². The minimum absolute atomic E-state index is 0.00767. The highest BCUT2D eigenvalue weighted by Crippen LogP contribution is 2.53. The van der Waals surface area contributed by atoms with Crippen LogP contribution < -0.4 is 9.47 Å². The zero-order chi connectivity index (χ0) is 32.2. The fourth-order valence-corrected chi connectivity index (χ4v) is 7.13. The van der Waals surface area contributed by atoms with E-state index in [0.29, 0.717) is 42.1 Å². The van der Waals surface area contributed by atoms with Crippen LogP contribution in [-0.2, 0) is 26.8 Å². The number of fused-ring (bicyclic) bond motifs is 1. The summed E-state index contributed by atoms with van der Waals surface area (Å²) in [5.41, 5.74) is 4.16. The number of phenolic OH excluding ortho intramolecular Hbond substituents is 1. The summed E-state index contributed by atoms with van der Waals surface area (Å²) in [6.45, 7) is 15.5. The number of phenols is 1. The second kappa shape index (κ2) is 13.8. The Kier molecular flexibility index (Phi) is 10.5. The highest BCUT2D eigenvalue weighted by Gasteiger charge is 2.48. The molecule has 0 aromatic heterocycles. The van der Waals surface area contributed by atoms with Crippen molar-refractivity contribution >= 4 is 14.3 Å². The van der Waals surface area contributed by atoms with Gasteiger partial charge < -0.3 is 23.7 Å². The van der Waals surface area contributed by atoms with Crippen molar-refractivity contribution in [2.75, 3.05) is 27.4 Å². The molecule has 8 heteroatoms. The summed E-state index contributed by atoms with van der Waals surface area (Å²) in [6, 6.07) is 19.2. The van der Waals surface area contributed by atoms with Crippen molar-refractivity contribution in [3.8, 4) is 17.2 Å². The third-order valence-corrected chi connectivity index (χ3v) is 13.9. The molecule has 3 aromatic rings. The van der Waals surface area contributed by atoms with Crippen LogP contribution in [-0.4, -0.2) is 57.8 Å². The molecule has 44 heavy (non-hydrogen) atoms. The molecule has 0 amide bonds. The van der Waals surface area contributed by atoms with Gasteiger partial charge in [0, 0.05) is 35.4 Å². The number of hydrogen-bond donors (Lipinski definition) is 1. The van der Waals surface area contributed by atoms with E-state index in [2.05, 4.69) is 63.0 Å². The number of carbonyl (C=O) groups is 1. The number of methoxy groups -OCH3 is 2. The smallest absolute Gasteiger partial charge is 0.328 e. The van der Waals surface area contributed by atoms with Crippen LogP contribution in [0.2, 0.25) is 18.1 Å². The molecule has 0 saturated carbocycles. The molecule has 0 saturated heterocycles. The first-order valence-corrected chi connectivity index (χ1v) is 18.4. The minimum Gasteiger partial charge on any atom is -0.504 e. The maximum atomic E-state index is 14.2. The fraction of sp³-hybridized carbons (Fsp3) is 0.472. The molecule has 1 aliphatic rings. The lowest BCUT2D eigenvalue weighted by atomic mass is 9.82. The molecule has 3 atom stereocenters. The van der Waals surface area contributed by atoms with Gasteiger partial charge in [0.1, 0.15) is 11.8 Å². The number of aromatic hydroxyl groups is 1. The maximum absolute atomic E-state index is 14.2. The summed E-state index contributed by atoms with van der Waals surface area (Å²) in [7, 11) is 0.974. The molecule has 1 heterocycles. The van der Waals surface area contributed by atoms with Gasteiger partial charge in [-0.25, -0.2) is 4.79 Å². The molecular formula is C36H49NO6Si. The highest BCUT2D eigenvalue weighted by atomic mass is 28.4. The molecule has 3 aromatic carbocycles. The van der Waals surface area contributed by atoms with Gasteiger partial charge in [-0.15, -0.1) is 0 Å². The molecule has 1 aliphatic heterocycles. The normalized spacial score (nSPS) is 17.9. The van der Waals surface area contributed by atoms with Crippen LogP contribution in [0.25, 0.3) is 0 Å². The second-order valence-electron chi connectivity index (χ2n) is 13.1. The van der Waals surface area contributed by atoms with Gasteiger partial charge in [-0.05, 0) is 55.9 Å². The van der Waals surface area contributed by atoms with Crippen LogP contribution >= 0.6 is 0 Å². The lowest BCUT2D eigenvalue weighted by molar-refractivity contribution is -0.154. The minimum atomic E-state index is -2.16. The van der Waals surface area contributed by atoms with Gasteiger partial charge in [0.15, 0.2) is 19.8 Å². The topological polar surface area (TPSA) is 77.5 Å². The number of carbonyl (C=O) groups excluding carboxylic acids is 1. The molecule has 4 rings (SSSR count). The lowest BCUT2D eigenvalue weighted by Crippen LogP contribution is -2.53. The van der Waals surface area contributed by atoms with Gasteiger partial charge in [-0.2, -0.15) is 0 Å². The van der Waals surface area contributed by atoms with Crippen LogP contribution in [0.5, 0.6) is 17.2 Å². The Bertz CT molecular complexity index is 1420. The molecule has 0 unspecified atom stereocenters. The largest absolute Gasteiger partial charge is 0.504 e. The Morgan fingerprint density at radius 3 is 2.14 bits per heavy atom. The number of esters is 1. The highest BCUT2D eigenvalue weighted by molar-refractivity contribution is 6.74. The van der Waals surface area contributed by atoms with Gasteiger partial charge in [0.25, 0.3) is 0 Å². The van der Waals surface area contributed by atoms with Crippen molar-refractivity contribution in [1.29, 1.82) is 0 Å². The number of ether oxygens (including phenoxy) is 3. The van der Waals surface area contributed by atoms with Gasteiger partial charge in [0.2, 0.25) is 0 Å². The van der Waals surface area contributed by atoms with E-state index in [4.69, 9.17) is 18.6 Å². The van der Waals surface area contributed by atoms with Crippen molar-refractivity contribution < 1.29 is 28.5 Å². The van der Waals surface area contributed by atoms with Crippen LogP contribution in [0.3, 0.4) is 0 Å².